The zero-order valence-corrected chi connectivity index (χ0v) is 10.2. The number of rotatable bonds is 4. The standard InChI is InChI=1S/C13H20N2O2/c1-2-14-11-3-5-12(6-4-11)15-13(16)10-7-8-17-9-10/h7-9,11-12,14H,2-6H2,1H3,(H,15,16). The Kier molecular flexibility index (Phi) is 4.20. The van der Waals surface area contributed by atoms with E-state index in [0.717, 1.165) is 32.2 Å². The molecular weight excluding hydrogens is 216 g/mol. The quantitative estimate of drug-likeness (QED) is 0.840. The van der Waals surface area contributed by atoms with E-state index in [0.29, 0.717) is 17.6 Å². The average molecular weight is 236 g/mol. The highest BCUT2D eigenvalue weighted by Crippen LogP contribution is 2.19. The summed E-state index contributed by atoms with van der Waals surface area (Å²) in [6.07, 6.45) is 7.41. The maximum absolute atomic E-state index is 11.8. The van der Waals surface area contributed by atoms with E-state index in [1.807, 2.05) is 0 Å². The second kappa shape index (κ2) is 5.87. The Balaban J connectivity index is 1.76. The number of furan rings is 1. The Bertz CT molecular complexity index is 340. The van der Waals surface area contributed by atoms with Crippen LogP contribution in [0.3, 0.4) is 0 Å². The Morgan fingerprint density at radius 3 is 2.65 bits per heavy atom. The van der Waals surface area contributed by atoms with Gasteiger partial charge in [-0.3, -0.25) is 4.79 Å². The van der Waals surface area contributed by atoms with E-state index in [-0.39, 0.29) is 5.91 Å². The highest BCUT2D eigenvalue weighted by atomic mass is 16.3. The van der Waals surface area contributed by atoms with Gasteiger partial charge in [-0.15, -0.1) is 0 Å². The van der Waals surface area contributed by atoms with Crippen LogP contribution in [0.25, 0.3) is 0 Å². The normalized spacial score (nSPS) is 24.5. The van der Waals surface area contributed by atoms with Crippen molar-refractivity contribution in [2.75, 3.05) is 6.54 Å². The fraction of sp³-hybridized carbons (Fsp3) is 0.615. The molecule has 2 rings (SSSR count). The molecule has 0 bridgehead atoms. The lowest BCUT2D eigenvalue weighted by Crippen LogP contribution is -2.42. The molecule has 1 amide bonds. The second-order valence-electron chi connectivity index (χ2n) is 4.59. The minimum atomic E-state index is -0.0225. The van der Waals surface area contributed by atoms with E-state index >= 15 is 0 Å². The van der Waals surface area contributed by atoms with Crippen molar-refractivity contribution in [3.05, 3.63) is 24.2 Å². The highest BCUT2D eigenvalue weighted by Gasteiger charge is 2.22. The molecule has 0 aromatic carbocycles. The molecule has 0 atom stereocenters. The molecule has 0 spiro atoms. The minimum Gasteiger partial charge on any atom is -0.472 e. The van der Waals surface area contributed by atoms with Crippen LogP contribution in [0.2, 0.25) is 0 Å². The van der Waals surface area contributed by atoms with Crippen LogP contribution in [0.15, 0.2) is 23.0 Å². The second-order valence-corrected chi connectivity index (χ2v) is 4.59. The van der Waals surface area contributed by atoms with Crippen molar-refractivity contribution >= 4 is 5.91 Å². The van der Waals surface area contributed by atoms with E-state index in [4.69, 9.17) is 4.42 Å². The SMILES string of the molecule is CCNC1CCC(NC(=O)c2ccoc2)CC1. The van der Waals surface area contributed by atoms with Crippen molar-refractivity contribution in [1.82, 2.24) is 10.6 Å². The lowest BCUT2D eigenvalue weighted by atomic mass is 9.91. The Labute approximate surface area is 102 Å². The van der Waals surface area contributed by atoms with Crippen LogP contribution in [0.5, 0.6) is 0 Å². The first-order valence-electron chi connectivity index (χ1n) is 6.36. The van der Waals surface area contributed by atoms with Crippen molar-refractivity contribution in [2.45, 2.75) is 44.7 Å². The van der Waals surface area contributed by atoms with Crippen molar-refractivity contribution in [2.24, 2.45) is 0 Å². The topological polar surface area (TPSA) is 54.3 Å². The predicted molar refractivity (Wildman–Crippen MR) is 65.9 cm³/mol. The molecule has 0 radical (unpaired) electrons. The molecule has 0 unspecified atom stereocenters. The lowest BCUT2D eigenvalue weighted by Gasteiger charge is -2.29. The molecule has 4 nitrogen and oxygen atoms in total. The summed E-state index contributed by atoms with van der Waals surface area (Å²) in [6, 6.07) is 2.63. The van der Waals surface area contributed by atoms with Gasteiger partial charge in [0, 0.05) is 12.1 Å². The fourth-order valence-corrected chi connectivity index (χ4v) is 2.39. The third-order valence-electron chi connectivity index (χ3n) is 3.34. The van der Waals surface area contributed by atoms with Crippen LogP contribution in [0.4, 0.5) is 0 Å². The van der Waals surface area contributed by atoms with Crippen LogP contribution in [-0.4, -0.2) is 24.5 Å². The monoisotopic (exact) mass is 236 g/mol. The number of carbonyl (C=O) groups is 1. The van der Waals surface area contributed by atoms with Gasteiger partial charge < -0.3 is 15.1 Å². The molecular formula is C13H20N2O2. The van der Waals surface area contributed by atoms with Gasteiger partial charge in [0.1, 0.15) is 6.26 Å². The van der Waals surface area contributed by atoms with E-state index in [9.17, 15) is 4.79 Å². The van der Waals surface area contributed by atoms with Gasteiger partial charge in [0.15, 0.2) is 0 Å². The molecule has 94 valence electrons. The molecule has 2 N–H and O–H groups in total. The molecule has 1 aromatic rings. The molecule has 4 heteroatoms. The highest BCUT2D eigenvalue weighted by molar-refractivity contribution is 5.93. The van der Waals surface area contributed by atoms with Gasteiger partial charge in [-0.05, 0) is 38.3 Å². The van der Waals surface area contributed by atoms with E-state index in [1.54, 1.807) is 6.07 Å². The third kappa shape index (κ3) is 3.33. The molecule has 0 aliphatic heterocycles. The van der Waals surface area contributed by atoms with Crippen molar-refractivity contribution in [3.8, 4) is 0 Å². The molecule has 1 aliphatic rings. The maximum Gasteiger partial charge on any atom is 0.254 e. The Hall–Kier alpha value is -1.29. The van der Waals surface area contributed by atoms with Gasteiger partial charge >= 0.3 is 0 Å². The number of carbonyl (C=O) groups excluding carboxylic acids is 1. The smallest absolute Gasteiger partial charge is 0.254 e. The zero-order valence-electron chi connectivity index (χ0n) is 10.2. The zero-order chi connectivity index (χ0) is 12.1. The summed E-state index contributed by atoms with van der Waals surface area (Å²) in [7, 11) is 0. The summed E-state index contributed by atoms with van der Waals surface area (Å²) < 4.78 is 4.90. The molecule has 1 heterocycles. The summed E-state index contributed by atoms with van der Waals surface area (Å²) in [4.78, 5) is 11.8. The first kappa shape index (κ1) is 12.2. The van der Waals surface area contributed by atoms with Gasteiger partial charge in [-0.25, -0.2) is 0 Å². The van der Waals surface area contributed by atoms with Crippen molar-refractivity contribution in [1.29, 1.82) is 0 Å². The summed E-state index contributed by atoms with van der Waals surface area (Å²) in [6.45, 7) is 3.16. The molecule has 1 saturated carbocycles. The summed E-state index contributed by atoms with van der Waals surface area (Å²) >= 11 is 0. The van der Waals surface area contributed by atoms with Gasteiger partial charge in [-0.1, -0.05) is 6.92 Å². The fourth-order valence-electron chi connectivity index (χ4n) is 2.39. The molecule has 1 aromatic heterocycles. The third-order valence-corrected chi connectivity index (χ3v) is 3.34. The maximum atomic E-state index is 11.8. The largest absolute Gasteiger partial charge is 0.472 e. The van der Waals surface area contributed by atoms with E-state index in [1.165, 1.54) is 12.5 Å². The van der Waals surface area contributed by atoms with E-state index in [2.05, 4.69) is 17.6 Å². The molecule has 0 saturated heterocycles. The summed E-state index contributed by atoms with van der Waals surface area (Å²) in [5.74, 6) is -0.0225. The van der Waals surface area contributed by atoms with Crippen LogP contribution >= 0.6 is 0 Å². The first-order chi connectivity index (χ1) is 8.29. The molecule has 1 aliphatic carbocycles. The summed E-state index contributed by atoms with van der Waals surface area (Å²) in [5, 5.41) is 6.52. The van der Waals surface area contributed by atoms with Crippen LogP contribution in [-0.2, 0) is 0 Å². The van der Waals surface area contributed by atoms with E-state index < -0.39 is 0 Å². The molecule has 17 heavy (non-hydrogen) atoms. The average Bonchev–Trinajstić information content (AvgIpc) is 2.86. The number of hydrogen-bond acceptors (Lipinski definition) is 3. The first-order valence-corrected chi connectivity index (χ1v) is 6.36. The van der Waals surface area contributed by atoms with Crippen molar-refractivity contribution in [3.63, 3.8) is 0 Å². The van der Waals surface area contributed by atoms with Crippen LogP contribution < -0.4 is 10.6 Å². The predicted octanol–water partition coefficient (Wildman–Crippen LogP) is 1.93. The lowest BCUT2D eigenvalue weighted by molar-refractivity contribution is 0.0923. The van der Waals surface area contributed by atoms with Crippen molar-refractivity contribution < 1.29 is 9.21 Å². The van der Waals surface area contributed by atoms with Gasteiger partial charge in [-0.2, -0.15) is 0 Å². The number of hydrogen-bond donors (Lipinski definition) is 2. The minimum absolute atomic E-state index is 0.0225. The van der Waals surface area contributed by atoms with Gasteiger partial charge in [0.2, 0.25) is 0 Å². The van der Waals surface area contributed by atoms with Crippen LogP contribution in [0.1, 0.15) is 43.0 Å². The van der Waals surface area contributed by atoms with Gasteiger partial charge in [0.25, 0.3) is 5.91 Å². The number of amides is 1. The number of nitrogens with one attached hydrogen (secondary N) is 2. The molecule has 1 fully saturated rings. The van der Waals surface area contributed by atoms with Gasteiger partial charge in [0.05, 0.1) is 11.8 Å². The Morgan fingerprint density at radius 2 is 2.06 bits per heavy atom. The summed E-state index contributed by atoms with van der Waals surface area (Å²) in [5.41, 5.74) is 0.610. The van der Waals surface area contributed by atoms with Crippen LogP contribution in [0, 0.1) is 0 Å². The Morgan fingerprint density at radius 1 is 1.35 bits per heavy atom.